The molecule has 1 fully saturated rings. The third-order valence-corrected chi connectivity index (χ3v) is 3.95. The van der Waals surface area contributed by atoms with Crippen molar-refractivity contribution in [2.45, 2.75) is 44.6 Å². The van der Waals surface area contributed by atoms with Gasteiger partial charge in [-0.3, -0.25) is 4.90 Å². The minimum Gasteiger partial charge on any atom is -0.335 e. The summed E-state index contributed by atoms with van der Waals surface area (Å²) >= 11 is 0. The van der Waals surface area contributed by atoms with Gasteiger partial charge in [-0.15, -0.1) is 0 Å². The van der Waals surface area contributed by atoms with Gasteiger partial charge in [-0.25, -0.2) is 0 Å². The zero-order chi connectivity index (χ0) is 12.5. The molecule has 1 aromatic carbocycles. The van der Waals surface area contributed by atoms with Crippen molar-refractivity contribution in [3.05, 3.63) is 42.8 Å². The average Bonchev–Trinajstić information content (AvgIpc) is 2.29. The van der Waals surface area contributed by atoms with Crippen molar-refractivity contribution >= 4 is 0 Å². The van der Waals surface area contributed by atoms with Gasteiger partial charge in [-0.05, 0) is 33.9 Å². The number of hydrogen-bond donors (Lipinski definition) is 0. The molecular formula is C16H23NY-2. The largest absolute Gasteiger partial charge is 0.335 e. The summed E-state index contributed by atoms with van der Waals surface area (Å²) in [6.45, 7) is 13.6. The molecule has 1 aliphatic rings. The van der Waals surface area contributed by atoms with E-state index < -0.39 is 0 Å². The Morgan fingerprint density at radius 1 is 1.22 bits per heavy atom. The van der Waals surface area contributed by atoms with Gasteiger partial charge in [0.2, 0.25) is 0 Å². The molecule has 0 bridgehead atoms. The van der Waals surface area contributed by atoms with E-state index in [-0.39, 0.29) is 43.7 Å². The number of rotatable bonds is 1. The molecule has 1 aliphatic heterocycles. The Morgan fingerprint density at radius 2 is 1.83 bits per heavy atom. The zero-order valence-corrected chi connectivity index (χ0v) is 14.7. The van der Waals surface area contributed by atoms with Crippen LogP contribution in [-0.2, 0) is 38.1 Å². The van der Waals surface area contributed by atoms with Gasteiger partial charge in [0.1, 0.15) is 0 Å². The first kappa shape index (κ1) is 16.3. The first-order valence-electron chi connectivity index (χ1n) is 6.49. The molecular weight excluding hydrogens is 295 g/mol. The second kappa shape index (κ2) is 6.16. The maximum Gasteiger partial charge on any atom is 0.0125 e. The van der Waals surface area contributed by atoms with Crippen LogP contribution in [0.15, 0.2) is 24.3 Å². The van der Waals surface area contributed by atoms with Gasteiger partial charge in [0.15, 0.2) is 0 Å². The summed E-state index contributed by atoms with van der Waals surface area (Å²) in [4.78, 5) is 2.55. The van der Waals surface area contributed by atoms with Gasteiger partial charge in [0, 0.05) is 38.2 Å². The molecule has 0 unspecified atom stereocenters. The summed E-state index contributed by atoms with van der Waals surface area (Å²) in [6.07, 6.45) is 2.26. The fraction of sp³-hybridized carbons (Fsp3) is 0.562. The van der Waals surface area contributed by atoms with Crippen molar-refractivity contribution in [1.29, 1.82) is 0 Å². The second-order valence-electron chi connectivity index (χ2n) is 6.21. The van der Waals surface area contributed by atoms with Crippen LogP contribution in [0.5, 0.6) is 0 Å². The van der Waals surface area contributed by atoms with Crippen LogP contribution in [0, 0.1) is 13.0 Å². The minimum atomic E-state index is 0. The molecule has 2 rings (SSSR count). The van der Waals surface area contributed by atoms with Gasteiger partial charge < -0.3 is 6.92 Å². The Labute approximate surface area is 137 Å². The van der Waals surface area contributed by atoms with Crippen LogP contribution >= 0.6 is 0 Å². The van der Waals surface area contributed by atoms with Crippen molar-refractivity contribution in [3.8, 4) is 0 Å². The molecule has 0 saturated carbocycles. The molecule has 0 amide bonds. The summed E-state index contributed by atoms with van der Waals surface area (Å²) in [5, 5.41) is 0. The molecule has 0 atom stereocenters. The molecule has 1 aromatic rings. The van der Waals surface area contributed by atoms with Crippen LogP contribution in [0.3, 0.4) is 0 Å². The van der Waals surface area contributed by atoms with E-state index in [1.165, 1.54) is 5.56 Å². The molecule has 1 nitrogen and oxygen atoms in total. The molecule has 0 aliphatic carbocycles. The quantitative estimate of drug-likeness (QED) is 0.717. The van der Waals surface area contributed by atoms with E-state index in [2.05, 4.69) is 50.8 Å². The first-order valence-corrected chi connectivity index (χ1v) is 6.49. The number of nitrogens with zero attached hydrogens (tertiary/aromatic N) is 1. The number of piperidine rings is 1. The predicted octanol–water partition coefficient (Wildman–Crippen LogP) is 3.45. The molecule has 0 spiro atoms. The fourth-order valence-electron chi connectivity index (χ4n) is 2.60. The van der Waals surface area contributed by atoms with Gasteiger partial charge in [0.25, 0.3) is 0 Å². The summed E-state index contributed by atoms with van der Waals surface area (Å²) in [6, 6.07) is 11.6. The summed E-state index contributed by atoms with van der Waals surface area (Å²) in [7, 11) is 0. The molecule has 1 heterocycles. The SMILES string of the molecule is [CH2-]C1(c2[c-]cccc2)CCN(C(C)(C)C)CC1.[Y]. The molecule has 2 heteroatoms. The molecule has 0 N–H and O–H groups in total. The van der Waals surface area contributed by atoms with Gasteiger partial charge in [-0.2, -0.15) is 41.3 Å². The summed E-state index contributed by atoms with van der Waals surface area (Å²) < 4.78 is 0. The van der Waals surface area contributed by atoms with Gasteiger partial charge in [0.05, 0.1) is 0 Å². The molecule has 0 aromatic heterocycles. The number of likely N-dealkylation sites (tertiary alicyclic amines) is 1. The van der Waals surface area contributed by atoms with E-state index in [0.717, 1.165) is 25.9 Å². The van der Waals surface area contributed by atoms with E-state index in [1.54, 1.807) is 0 Å². The van der Waals surface area contributed by atoms with Crippen molar-refractivity contribution in [3.63, 3.8) is 0 Å². The Hall–Kier alpha value is 0.284. The summed E-state index contributed by atoms with van der Waals surface area (Å²) in [5.41, 5.74) is 1.62. The third-order valence-electron chi connectivity index (χ3n) is 3.95. The van der Waals surface area contributed by atoms with E-state index in [4.69, 9.17) is 0 Å². The van der Waals surface area contributed by atoms with Crippen LogP contribution in [0.4, 0.5) is 0 Å². The normalized spacial score (nSPS) is 20.2. The molecule has 1 saturated heterocycles. The predicted molar refractivity (Wildman–Crippen MR) is 72.9 cm³/mol. The first-order chi connectivity index (χ1) is 7.92. The Balaban J connectivity index is 0.00000162. The van der Waals surface area contributed by atoms with Crippen LogP contribution in [0.2, 0.25) is 0 Å². The zero-order valence-electron chi connectivity index (χ0n) is 11.9. The molecule has 97 valence electrons. The summed E-state index contributed by atoms with van der Waals surface area (Å²) in [5.74, 6) is 0. The van der Waals surface area contributed by atoms with Gasteiger partial charge in [-0.1, -0.05) is 12.8 Å². The van der Waals surface area contributed by atoms with Crippen LogP contribution in [-0.4, -0.2) is 23.5 Å². The average molecular weight is 318 g/mol. The number of benzene rings is 1. The minimum absolute atomic E-state index is 0. The van der Waals surface area contributed by atoms with E-state index >= 15 is 0 Å². The Morgan fingerprint density at radius 3 is 2.28 bits per heavy atom. The smallest absolute Gasteiger partial charge is 0.0125 e. The topological polar surface area (TPSA) is 3.24 Å². The van der Waals surface area contributed by atoms with Crippen LogP contribution < -0.4 is 0 Å². The van der Waals surface area contributed by atoms with Crippen molar-refractivity contribution in [1.82, 2.24) is 4.90 Å². The van der Waals surface area contributed by atoms with E-state index in [9.17, 15) is 0 Å². The van der Waals surface area contributed by atoms with Crippen molar-refractivity contribution < 1.29 is 32.7 Å². The maximum absolute atomic E-state index is 4.46. The third kappa shape index (κ3) is 3.65. The maximum atomic E-state index is 4.46. The number of hydrogen-bond acceptors (Lipinski definition) is 1. The molecule has 18 heavy (non-hydrogen) atoms. The Bertz CT molecular complexity index is 358. The standard InChI is InChI=1S/C16H23N.Y/c1-15(2,3)17-12-10-16(4,11-13-17)14-8-6-5-7-9-14;/h5-8H,4,10-13H2,1-3H3;/q-2;. The molecule has 1 radical (unpaired) electrons. The monoisotopic (exact) mass is 318 g/mol. The Kier molecular flexibility index (Phi) is 5.59. The van der Waals surface area contributed by atoms with Gasteiger partial charge >= 0.3 is 0 Å². The van der Waals surface area contributed by atoms with Crippen molar-refractivity contribution in [2.24, 2.45) is 0 Å². The van der Waals surface area contributed by atoms with E-state index in [0.29, 0.717) is 0 Å². The second-order valence-corrected chi connectivity index (χ2v) is 6.21. The fourth-order valence-corrected chi connectivity index (χ4v) is 2.60. The van der Waals surface area contributed by atoms with Crippen LogP contribution in [0.1, 0.15) is 39.2 Å². The van der Waals surface area contributed by atoms with Crippen LogP contribution in [0.25, 0.3) is 0 Å². The van der Waals surface area contributed by atoms with Crippen molar-refractivity contribution in [2.75, 3.05) is 13.1 Å². The van der Waals surface area contributed by atoms with E-state index in [1.807, 2.05) is 12.1 Å².